The van der Waals surface area contributed by atoms with Gasteiger partial charge < -0.3 is 15.2 Å². The van der Waals surface area contributed by atoms with Gasteiger partial charge in [0.25, 0.3) is 0 Å². The zero-order chi connectivity index (χ0) is 16.0. The fourth-order valence-electron chi connectivity index (χ4n) is 3.27. The summed E-state index contributed by atoms with van der Waals surface area (Å²) in [6, 6.07) is 4.74. The van der Waals surface area contributed by atoms with E-state index in [2.05, 4.69) is 15.4 Å². The summed E-state index contributed by atoms with van der Waals surface area (Å²) in [6.45, 7) is 0. The Morgan fingerprint density at radius 1 is 1.39 bits per heavy atom. The van der Waals surface area contributed by atoms with Gasteiger partial charge in [-0.2, -0.15) is 10.1 Å². The zero-order valence-corrected chi connectivity index (χ0v) is 12.6. The van der Waals surface area contributed by atoms with Crippen molar-refractivity contribution in [2.45, 2.75) is 25.3 Å². The smallest absolute Gasteiger partial charge is 0.226 e. The molecule has 1 atom stereocenters. The van der Waals surface area contributed by atoms with Crippen molar-refractivity contribution in [3.05, 3.63) is 41.4 Å². The molecule has 0 saturated heterocycles. The van der Waals surface area contributed by atoms with Crippen LogP contribution in [0.2, 0.25) is 0 Å². The molecule has 7 heteroatoms. The van der Waals surface area contributed by atoms with Crippen LogP contribution >= 0.6 is 0 Å². The van der Waals surface area contributed by atoms with Gasteiger partial charge in [-0.1, -0.05) is 6.07 Å². The molecule has 1 aliphatic heterocycles. The molecule has 23 heavy (non-hydrogen) atoms. The first-order valence-electron chi connectivity index (χ1n) is 7.48. The molecule has 0 fully saturated rings. The topological polar surface area (TPSA) is 89.3 Å². The molecule has 7 nitrogen and oxygen atoms in total. The average molecular weight is 312 g/mol. The van der Waals surface area contributed by atoms with E-state index >= 15 is 0 Å². The minimum absolute atomic E-state index is 0.0631. The van der Waals surface area contributed by atoms with Crippen LogP contribution in [0, 0.1) is 0 Å². The number of nitrogens with one attached hydrogen (secondary N) is 1. The first-order valence-corrected chi connectivity index (χ1v) is 7.48. The van der Waals surface area contributed by atoms with E-state index in [1.807, 2.05) is 0 Å². The van der Waals surface area contributed by atoms with Crippen LogP contribution in [0.15, 0.2) is 35.8 Å². The maximum absolute atomic E-state index is 12.5. The Morgan fingerprint density at radius 3 is 3.09 bits per heavy atom. The molecule has 2 aliphatic rings. The standard InChI is InChI=1S/C16H16N4O3/c1-23-13-7-9(5-6-11(13)21)15-14-10(3-2-4-12(14)22)19-16-17-8-18-20(15)16/h5-8,15,21H,2-4H2,1H3,(H,17,18,19)/t15-/m0/s1. The van der Waals surface area contributed by atoms with Crippen LogP contribution in [0.5, 0.6) is 11.5 Å². The molecule has 1 aromatic heterocycles. The summed E-state index contributed by atoms with van der Waals surface area (Å²) in [5.41, 5.74) is 2.47. The number of nitrogens with zero attached hydrogens (tertiary/aromatic N) is 3. The summed E-state index contributed by atoms with van der Waals surface area (Å²) in [4.78, 5) is 16.7. The predicted molar refractivity (Wildman–Crippen MR) is 82.3 cm³/mol. The van der Waals surface area contributed by atoms with Crippen LogP contribution in [0.4, 0.5) is 5.95 Å². The number of phenols is 1. The number of Topliss-reactive ketones (excluding diaryl/α,β-unsaturated/α-hetero) is 1. The predicted octanol–water partition coefficient (Wildman–Crippen LogP) is 2.01. The summed E-state index contributed by atoms with van der Waals surface area (Å²) >= 11 is 0. The van der Waals surface area contributed by atoms with E-state index in [-0.39, 0.29) is 17.6 Å². The molecule has 0 spiro atoms. The van der Waals surface area contributed by atoms with Crippen molar-refractivity contribution >= 4 is 11.7 Å². The SMILES string of the molecule is COc1cc([C@H]2C3=C(CCCC3=O)Nc3ncnn32)ccc1O. The Morgan fingerprint density at radius 2 is 2.26 bits per heavy atom. The molecular formula is C16H16N4O3. The van der Waals surface area contributed by atoms with E-state index in [9.17, 15) is 9.90 Å². The highest BCUT2D eigenvalue weighted by molar-refractivity contribution is 5.99. The number of hydrogen-bond donors (Lipinski definition) is 2. The maximum Gasteiger partial charge on any atom is 0.226 e. The number of carbonyl (C=O) groups excluding carboxylic acids is 1. The number of ketones is 1. The molecular weight excluding hydrogens is 296 g/mol. The van der Waals surface area contributed by atoms with Crippen molar-refractivity contribution < 1.29 is 14.6 Å². The van der Waals surface area contributed by atoms with Gasteiger partial charge >= 0.3 is 0 Å². The number of ether oxygens (including phenoxy) is 1. The molecule has 0 radical (unpaired) electrons. The van der Waals surface area contributed by atoms with Crippen LogP contribution in [0.1, 0.15) is 30.9 Å². The number of phenolic OH excluding ortho intramolecular Hbond substituents is 1. The van der Waals surface area contributed by atoms with Crippen LogP contribution in [-0.2, 0) is 4.79 Å². The van der Waals surface area contributed by atoms with E-state index in [0.717, 1.165) is 29.7 Å². The quantitative estimate of drug-likeness (QED) is 0.882. The molecule has 2 aromatic rings. The van der Waals surface area contributed by atoms with Crippen LogP contribution in [-0.4, -0.2) is 32.8 Å². The molecule has 118 valence electrons. The lowest BCUT2D eigenvalue weighted by Crippen LogP contribution is -2.31. The van der Waals surface area contributed by atoms with Crippen molar-refractivity contribution in [3.63, 3.8) is 0 Å². The van der Waals surface area contributed by atoms with Gasteiger partial charge in [0.1, 0.15) is 12.4 Å². The van der Waals surface area contributed by atoms with Gasteiger partial charge in [-0.3, -0.25) is 4.79 Å². The maximum atomic E-state index is 12.5. The number of anilines is 1. The zero-order valence-electron chi connectivity index (χ0n) is 12.6. The van der Waals surface area contributed by atoms with E-state index in [1.165, 1.54) is 13.4 Å². The van der Waals surface area contributed by atoms with Crippen molar-refractivity contribution in [2.24, 2.45) is 0 Å². The van der Waals surface area contributed by atoms with E-state index < -0.39 is 0 Å². The van der Waals surface area contributed by atoms with Gasteiger partial charge in [0.2, 0.25) is 5.95 Å². The Kier molecular flexibility index (Phi) is 3.07. The molecule has 1 aliphatic carbocycles. The van der Waals surface area contributed by atoms with E-state index in [1.54, 1.807) is 22.9 Å². The van der Waals surface area contributed by atoms with Crippen molar-refractivity contribution in [1.29, 1.82) is 0 Å². The number of fused-ring (bicyclic) bond motifs is 1. The largest absolute Gasteiger partial charge is 0.504 e. The number of carbonyl (C=O) groups is 1. The Hall–Kier alpha value is -2.83. The normalized spacial score (nSPS) is 19.9. The van der Waals surface area contributed by atoms with Crippen LogP contribution in [0.3, 0.4) is 0 Å². The summed E-state index contributed by atoms with van der Waals surface area (Å²) in [5.74, 6) is 1.17. The summed E-state index contributed by atoms with van der Waals surface area (Å²) in [6.07, 6.45) is 3.66. The minimum Gasteiger partial charge on any atom is -0.504 e. The van der Waals surface area contributed by atoms with Gasteiger partial charge in [0.15, 0.2) is 17.3 Å². The second-order valence-corrected chi connectivity index (χ2v) is 5.66. The minimum atomic E-state index is -0.356. The van der Waals surface area contributed by atoms with Gasteiger partial charge in [-0.05, 0) is 30.5 Å². The molecule has 0 amide bonds. The Bertz CT molecular complexity index is 824. The number of rotatable bonds is 2. The Labute approximate surface area is 132 Å². The van der Waals surface area contributed by atoms with Crippen LogP contribution < -0.4 is 10.1 Å². The third-order valence-electron chi connectivity index (χ3n) is 4.33. The number of allylic oxidation sites excluding steroid dienone is 2. The van der Waals surface area contributed by atoms with Crippen LogP contribution in [0.25, 0.3) is 0 Å². The van der Waals surface area contributed by atoms with E-state index in [0.29, 0.717) is 18.1 Å². The number of hydrogen-bond acceptors (Lipinski definition) is 6. The molecule has 1 aromatic carbocycles. The first kappa shape index (κ1) is 13.8. The first-order chi connectivity index (χ1) is 11.2. The van der Waals surface area contributed by atoms with E-state index in [4.69, 9.17) is 4.74 Å². The lowest BCUT2D eigenvalue weighted by molar-refractivity contribution is -0.116. The third-order valence-corrected chi connectivity index (χ3v) is 4.33. The highest BCUT2D eigenvalue weighted by atomic mass is 16.5. The number of methoxy groups -OCH3 is 1. The fraction of sp³-hybridized carbons (Fsp3) is 0.312. The molecule has 0 unspecified atom stereocenters. The molecule has 2 N–H and O–H groups in total. The molecule has 0 bridgehead atoms. The monoisotopic (exact) mass is 312 g/mol. The highest BCUT2D eigenvalue weighted by Crippen LogP contribution is 2.41. The number of benzene rings is 1. The summed E-state index contributed by atoms with van der Waals surface area (Å²) in [7, 11) is 1.50. The highest BCUT2D eigenvalue weighted by Gasteiger charge is 2.36. The number of aromatic hydroxyl groups is 1. The van der Waals surface area contributed by atoms with Crippen molar-refractivity contribution in [2.75, 3.05) is 12.4 Å². The number of aromatic nitrogens is 3. The molecule has 0 saturated carbocycles. The van der Waals surface area contributed by atoms with Crippen molar-refractivity contribution in [1.82, 2.24) is 14.8 Å². The third kappa shape index (κ3) is 2.08. The van der Waals surface area contributed by atoms with Gasteiger partial charge in [-0.15, -0.1) is 0 Å². The summed E-state index contributed by atoms with van der Waals surface area (Å²) < 4.78 is 6.90. The Balaban J connectivity index is 1.91. The van der Waals surface area contributed by atoms with Crippen molar-refractivity contribution in [3.8, 4) is 11.5 Å². The average Bonchev–Trinajstić information content (AvgIpc) is 3.02. The van der Waals surface area contributed by atoms with Gasteiger partial charge in [0, 0.05) is 17.7 Å². The summed E-state index contributed by atoms with van der Waals surface area (Å²) in [5, 5.41) is 17.3. The molecule has 2 heterocycles. The second kappa shape index (κ2) is 5.12. The fourth-order valence-corrected chi connectivity index (χ4v) is 3.27. The lowest BCUT2D eigenvalue weighted by atomic mass is 9.85. The second-order valence-electron chi connectivity index (χ2n) is 5.66. The molecule has 4 rings (SSSR count). The van der Waals surface area contributed by atoms with Gasteiger partial charge in [0.05, 0.1) is 7.11 Å². The lowest BCUT2D eigenvalue weighted by Gasteiger charge is -2.32. The van der Waals surface area contributed by atoms with Gasteiger partial charge in [-0.25, -0.2) is 4.68 Å².